The van der Waals surface area contributed by atoms with Crippen molar-refractivity contribution in [3.05, 3.63) is 130 Å². The van der Waals surface area contributed by atoms with Gasteiger partial charge in [0.25, 0.3) is 10.0 Å². The quantitative estimate of drug-likeness (QED) is 0.226. The summed E-state index contributed by atoms with van der Waals surface area (Å²) in [5.74, 6) is -0.936. The first-order valence-corrected chi connectivity index (χ1v) is 15.4. The molecule has 0 aromatic heterocycles. The van der Waals surface area contributed by atoms with Crippen LogP contribution in [0.5, 0.6) is 0 Å². The van der Waals surface area contributed by atoms with Gasteiger partial charge < -0.3 is 10.2 Å². The second-order valence-corrected chi connectivity index (χ2v) is 12.5. The van der Waals surface area contributed by atoms with Gasteiger partial charge in [-0.3, -0.25) is 13.9 Å². The van der Waals surface area contributed by atoms with Crippen molar-refractivity contribution in [1.82, 2.24) is 10.2 Å². The largest absolute Gasteiger partial charge is 0.357 e. The molecular formula is C32H31Cl2N3O4S. The number of amides is 2. The van der Waals surface area contributed by atoms with Gasteiger partial charge in [-0.2, -0.15) is 0 Å². The molecule has 42 heavy (non-hydrogen) atoms. The smallest absolute Gasteiger partial charge is 0.264 e. The van der Waals surface area contributed by atoms with Crippen molar-refractivity contribution in [3.63, 3.8) is 0 Å². The molecule has 0 heterocycles. The Morgan fingerprint density at radius 2 is 1.45 bits per heavy atom. The van der Waals surface area contributed by atoms with Crippen LogP contribution in [0.25, 0.3) is 0 Å². The Labute approximate surface area is 256 Å². The van der Waals surface area contributed by atoms with Crippen molar-refractivity contribution in [2.24, 2.45) is 0 Å². The summed E-state index contributed by atoms with van der Waals surface area (Å²) in [5, 5.41) is 3.53. The molecule has 0 aliphatic heterocycles. The summed E-state index contributed by atoms with van der Waals surface area (Å²) in [5.41, 5.74) is 2.78. The van der Waals surface area contributed by atoms with Crippen molar-refractivity contribution in [3.8, 4) is 0 Å². The minimum atomic E-state index is -4.20. The number of nitrogens with one attached hydrogen (secondary N) is 1. The highest BCUT2D eigenvalue weighted by atomic mass is 35.5. The average Bonchev–Trinajstić information content (AvgIpc) is 2.98. The van der Waals surface area contributed by atoms with Crippen LogP contribution in [0, 0.1) is 6.92 Å². The van der Waals surface area contributed by atoms with E-state index in [2.05, 4.69) is 5.32 Å². The fraction of sp³-hybridized carbons (Fsp3) is 0.188. The van der Waals surface area contributed by atoms with Crippen LogP contribution in [0.4, 0.5) is 5.69 Å². The number of hydrogen-bond acceptors (Lipinski definition) is 4. The van der Waals surface area contributed by atoms with Gasteiger partial charge in [-0.25, -0.2) is 8.42 Å². The Balaban J connectivity index is 1.78. The third kappa shape index (κ3) is 7.70. The lowest BCUT2D eigenvalue weighted by Gasteiger charge is -2.33. The molecule has 0 aliphatic carbocycles. The Morgan fingerprint density at radius 3 is 2.07 bits per heavy atom. The number of anilines is 1. The predicted molar refractivity (Wildman–Crippen MR) is 167 cm³/mol. The first kappa shape index (κ1) is 31.1. The standard InChI is InChI=1S/C32H31Cl2N3O4S/c1-23-11-15-28(16-12-23)37(42(40,41)29-17-13-26(33)14-18-29)22-31(38)36(21-25-9-6-10-27(34)19-25)30(32(39)35-2)20-24-7-4-3-5-8-24/h3-19,30H,20-22H2,1-2H3,(H,35,39)/t30-/m1/s1. The fourth-order valence-electron chi connectivity index (χ4n) is 4.53. The summed E-state index contributed by atoms with van der Waals surface area (Å²) in [4.78, 5) is 28.9. The maximum absolute atomic E-state index is 14.3. The average molecular weight is 625 g/mol. The lowest BCUT2D eigenvalue weighted by molar-refractivity contribution is -0.139. The van der Waals surface area contributed by atoms with Crippen molar-refractivity contribution in [2.45, 2.75) is 30.8 Å². The minimum absolute atomic E-state index is 0.0196. The van der Waals surface area contributed by atoms with Crippen LogP contribution in [0.2, 0.25) is 10.0 Å². The van der Waals surface area contributed by atoms with E-state index in [-0.39, 0.29) is 23.8 Å². The van der Waals surface area contributed by atoms with Crippen LogP contribution in [0.3, 0.4) is 0 Å². The van der Waals surface area contributed by atoms with Crippen molar-refractivity contribution in [2.75, 3.05) is 17.9 Å². The number of carbonyl (C=O) groups excluding carboxylic acids is 2. The zero-order chi connectivity index (χ0) is 30.3. The molecule has 0 saturated carbocycles. The molecule has 4 rings (SSSR count). The first-order chi connectivity index (χ1) is 20.1. The summed E-state index contributed by atoms with van der Waals surface area (Å²) in [6, 6.07) is 28.0. The molecule has 1 atom stereocenters. The third-order valence-electron chi connectivity index (χ3n) is 6.76. The molecule has 0 aliphatic rings. The van der Waals surface area contributed by atoms with Gasteiger partial charge >= 0.3 is 0 Å². The van der Waals surface area contributed by atoms with Crippen LogP contribution in [0.1, 0.15) is 16.7 Å². The number of sulfonamides is 1. The summed E-state index contributed by atoms with van der Waals surface area (Å²) in [7, 11) is -2.69. The van der Waals surface area contributed by atoms with Crippen molar-refractivity contribution < 1.29 is 18.0 Å². The van der Waals surface area contributed by atoms with Crippen molar-refractivity contribution in [1.29, 1.82) is 0 Å². The van der Waals surface area contributed by atoms with Gasteiger partial charge in [0.15, 0.2) is 0 Å². The lowest BCUT2D eigenvalue weighted by atomic mass is 10.0. The van der Waals surface area contributed by atoms with Gasteiger partial charge in [0.1, 0.15) is 12.6 Å². The van der Waals surface area contributed by atoms with E-state index in [1.165, 1.54) is 36.2 Å². The Hall–Kier alpha value is -3.85. The van der Waals surface area contributed by atoms with E-state index in [4.69, 9.17) is 23.2 Å². The molecule has 10 heteroatoms. The van der Waals surface area contributed by atoms with Crippen LogP contribution in [0.15, 0.2) is 108 Å². The second-order valence-electron chi connectivity index (χ2n) is 9.77. The maximum Gasteiger partial charge on any atom is 0.264 e. The lowest BCUT2D eigenvalue weighted by Crippen LogP contribution is -2.53. The van der Waals surface area contributed by atoms with Gasteiger partial charge in [0.05, 0.1) is 10.6 Å². The van der Waals surface area contributed by atoms with Gasteiger partial charge in [0, 0.05) is 30.1 Å². The van der Waals surface area contributed by atoms with Crippen molar-refractivity contribution >= 4 is 50.7 Å². The number of halogens is 2. The van der Waals surface area contributed by atoms with E-state index in [0.717, 1.165) is 15.4 Å². The summed E-state index contributed by atoms with van der Waals surface area (Å²) in [6.45, 7) is 1.38. The monoisotopic (exact) mass is 623 g/mol. The molecule has 4 aromatic carbocycles. The Kier molecular flexibility index (Phi) is 10.3. The molecule has 2 amide bonds. The highest BCUT2D eigenvalue weighted by Crippen LogP contribution is 2.26. The summed E-state index contributed by atoms with van der Waals surface area (Å²) < 4.78 is 29.0. The van der Waals surface area contributed by atoms with Gasteiger partial charge in [0.2, 0.25) is 11.8 Å². The van der Waals surface area contributed by atoms with E-state index >= 15 is 0 Å². The normalized spacial score (nSPS) is 11.9. The highest BCUT2D eigenvalue weighted by Gasteiger charge is 2.34. The minimum Gasteiger partial charge on any atom is -0.357 e. The van der Waals surface area contributed by atoms with Crippen LogP contribution < -0.4 is 9.62 Å². The third-order valence-corrected chi connectivity index (χ3v) is 9.04. The molecular weight excluding hydrogens is 593 g/mol. The number of likely N-dealkylation sites (N-methyl/N-ethyl adjacent to an activating group) is 1. The number of carbonyl (C=O) groups is 2. The van der Waals surface area contributed by atoms with Gasteiger partial charge in [-0.1, -0.05) is 83.4 Å². The summed E-state index contributed by atoms with van der Waals surface area (Å²) in [6.07, 6.45) is 0.223. The van der Waals surface area contributed by atoms with Crippen LogP contribution >= 0.6 is 23.2 Å². The molecule has 0 fully saturated rings. The van der Waals surface area contributed by atoms with Gasteiger partial charge in [-0.05, 0) is 66.6 Å². The fourth-order valence-corrected chi connectivity index (χ4v) is 6.28. The number of hydrogen-bond donors (Lipinski definition) is 1. The molecule has 4 aromatic rings. The molecule has 0 saturated heterocycles. The number of nitrogens with zero attached hydrogens (tertiary/aromatic N) is 2. The molecule has 0 radical (unpaired) electrons. The SMILES string of the molecule is CNC(=O)[C@@H](Cc1ccccc1)N(Cc1cccc(Cl)c1)C(=O)CN(c1ccc(C)cc1)S(=O)(=O)c1ccc(Cl)cc1. The predicted octanol–water partition coefficient (Wildman–Crippen LogP) is 5.88. The number of benzene rings is 4. The molecule has 218 valence electrons. The van der Waals surface area contributed by atoms with E-state index in [0.29, 0.717) is 21.3 Å². The van der Waals surface area contributed by atoms with Crippen LogP contribution in [-0.2, 0) is 32.6 Å². The van der Waals surface area contributed by atoms with E-state index in [1.54, 1.807) is 48.5 Å². The topological polar surface area (TPSA) is 86.8 Å². The molecule has 1 N–H and O–H groups in total. The Bertz CT molecular complexity index is 1630. The zero-order valence-electron chi connectivity index (χ0n) is 23.2. The van der Waals surface area contributed by atoms with E-state index in [1.807, 2.05) is 37.3 Å². The maximum atomic E-state index is 14.3. The molecule has 0 unspecified atom stereocenters. The summed E-state index contributed by atoms with van der Waals surface area (Å²) >= 11 is 12.3. The van der Waals surface area contributed by atoms with E-state index < -0.39 is 28.5 Å². The second kappa shape index (κ2) is 13.9. The molecule has 0 spiro atoms. The van der Waals surface area contributed by atoms with Crippen LogP contribution in [-0.4, -0.2) is 44.8 Å². The number of rotatable bonds is 11. The Morgan fingerprint density at radius 1 is 0.810 bits per heavy atom. The number of aryl methyl sites for hydroxylation is 1. The zero-order valence-corrected chi connectivity index (χ0v) is 25.5. The first-order valence-electron chi connectivity index (χ1n) is 13.2. The highest BCUT2D eigenvalue weighted by molar-refractivity contribution is 7.92. The molecule has 0 bridgehead atoms. The molecule has 7 nitrogen and oxygen atoms in total. The van der Waals surface area contributed by atoms with E-state index in [9.17, 15) is 18.0 Å². The van der Waals surface area contributed by atoms with Gasteiger partial charge in [-0.15, -0.1) is 0 Å².